The average molecular weight is 197 g/mol. The lowest BCUT2D eigenvalue weighted by molar-refractivity contribution is -0.137. The van der Waals surface area contributed by atoms with Gasteiger partial charge >= 0.3 is 5.97 Å². The fourth-order valence-electron chi connectivity index (χ4n) is 1.20. The Hall–Kier alpha value is -1.29. The van der Waals surface area contributed by atoms with Crippen LogP contribution in [0, 0.1) is 0 Å². The van der Waals surface area contributed by atoms with E-state index in [4.69, 9.17) is 9.52 Å². The normalized spacial score (nSPS) is 12.6. The number of rotatable bonds is 6. The molecule has 0 unspecified atom stereocenters. The molecule has 0 saturated heterocycles. The van der Waals surface area contributed by atoms with Gasteiger partial charge in [0.1, 0.15) is 5.76 Å². The van der Waals surface area contributed by atoms with Crippen molar-refractivity contribution in [2.75, 3.05) is 6.54 Å². The van der Waals surface area contributed by atoms with E-state index >= 15 is 0 Å². The lowest BCUT2D eigenvalue weighted by Crippen LogP contribution is -2.20. The molecule has 0 saturated carbocycles. The molecule has 0 fully saturated rings. The molecule has 0 amide bonds. The van der Waals surface area contributed by atoms with E-state index in [0.717, 1.165) is 5.76 Å². The molecule has 0 spiro atoms. The molecule has 1 aromatic heterocycles. The van der Waals surface area contributed by atoms with Crippen molar-refractivity contribution in [3.63, 3.8) is 0 Å². The number of nitrogens with one attached hydrogen (secondary N) is 1. The Morgan fingerprint density at radius 2 is 2.50 bits per heavy atom. The standard InChI is InChI=1S/C10H15NO3/c1-8(9-4-3-7-14-9)11-6-2-5-10(12)13/h3-4,7-8,11H,2,5-6H2,1H3,(H,12,13)/t8-/m1/s1. The van der Waals surface area contributed by atoms with Gasteiger partial charge in [-0.3, -0.25) is 4.79 Å². The number of carboxylic acid groups (broad SMARTS) is 1. The van der Waals surface area contributed by atoms with Gasteiger partial charge in [-0.25, -0.2) is 0 Å². The summed E-state index contributed by atoms with van der Waals surface area (Å²) in [5.41, 5.74) is 0. The monoisotopic (exact) mass is 197 g/mol. The molecular formula is C10H15NO3. The largest absolute Gasteiger partial charge is 0.481 e. The zero-order chi connectivity index (χ0) is 10.4. The van der Waals surface area contributed by atoms with Gasteiger partial charge in [0.25, 0.3) is 0 Å². The Labute approximate surface area is 82.9 Å². The quantitative estimate of drug-likeness (QED) is 0.682. The highest BCUT2D eigenvalue weighted by Gasteiger charge is 2.06. The van der Waals surface area contributed by atoms with Gasteiger partial charge in [-0.2, -0.15) is 0 Å². The van der Waals surface area contributed by atoms with Crippen molar-refractivity contribution < 1.29 is 14.3 Å². The van der Waals surface area contributed by atoms with Gasteiger partial charge in [0, 0.05) is 6.42 Å². The van der Waals surface area contributed by atoms with E-state index in [-0.39, 0.29) is 12.5 Å². The second-order valence-electron chi connectivity index (χ2n) is 3.19. The van der Waals surface area contributed by atoms with Crippen LogP contribution in [0.4, 0.5) is 0 Å². The number of hydrogen-bond donors (Lipinski definition) is 2. The molecule has 2 N–H and O–H groups in total. The molecule has 78 valence electrons. The summed E-state index contributed by atoms with van der Waals surface area (Å²) in [4.78, 5) is 10.2. The molecule has 1 aromatic rings. The van der Waals surface area contributed by atoms with Gasteiger partial charge in [-0.05, 0) is 32.0 Å². The summed E-state index contributed by atoms with van der Waals surface area (Å²) < 4.78 is 5.19. The zero-order valence-corrected chi connectivity index (χ0v) is 8.19. The van der Waals surface area contributed by atoms with Gasteiger partial charge in [0.2, 0.25) is 0 Å². The van der Waals surface area contributed by atoms with Crippen LogP contribution in [0.5, 0.6) is 0 Å². The van der Waals surface area contributed by atoms with Crippen LogP contribution in [0.2, 0.25) is 0 Å². The lowest BCUT2D eigenvalue weighted by atomic mass is 10.2. The third kappa shape index (κ3) is 3.62. The first kappa shape index (κ1) is 10.8. The predicted octanol–water partition coefficient (Wildman–Crippen LogP) is 1.79. The fourth-order valence-corrected chi connectivity index (χ4v) is 1.20. The number of aliphatic carboxylic acids is 1. The maximum atomic E-state index is 10.2. The molecule has 0 aliphatic heterocycles. The second-order valence-corrected chi connectivity index (χ2v) is 3.19. The third-order valence-electron chi connectivity index (χ3n) is 1.99. The van der Waals surface area contributed by atoms with Crippen LogP contribution >= 0.6 is 0 Å². The average Bonchev–Trinajstić information content (AvgIpc) is 2.64. The molecule has 4 nitrogen and oxygen atoms in total. The molecule has 0 aromatic carbocycles. The molecule has 0 aliphatic rings. The van der Waals surface area contributed by atoms with E-state index < -0.39 is 5.97 Å². The Kier molecular flexibility index (Phi) is 4.19. The van der Waals surface area contributed by atoms with Crippen molar-refractivity contribution in [3.8, 4) is 0 Å². The van der Waals surface area contributed by atoms with Crippen molar-refractivity contribution in [2.24, 2.45) is 0 Å². The molecule has 0 radical (unpaired) electrons. The van der Waals surface area contributed by atoms with Crippen molar-refractivity contribution in [1.29, 1.82) is 0 Å². The summed E-state index contributed by atoms with van der Waals surface area (Å²) in [6, 6.07) is 3.87. The van der Waals surface area contributed by atoms with Gasteiger partial charge in [-0.1, -0.05) is 0 Å². The van der Waals surface area contributed by atoms with Crippen LogP contribution in [0.15, 0.2) is 22.8 Å². The first-order chi connectivity index (χ1) is 6.70. The molecule has 4 heteroatoms. The predicted molar refractivity (Wildman–Crippen MR) is 52.0 cm³/mol. The van der Waals surface area contributed by atoms with Crippen LogP contribution in [-0.4, -0.2) is 17.6 Å². The molecule has 14 heavy (non-hydrogen) atoms. The van der Waals surface area contributed by atoms with E-state index in [1.807, 2.05) is 19.1 Å². The number of hydrogen-bond acceptors (Lipinski definition) is 3. The van der Waals surface area contributed by atoms with Crippen LogP contribution in [0.25, 0.3) is 0 Å². The maximum absolute atomic E-state index is 10.2. The SMILES string of the molecule is C[C@@H](NCCCC(=O)O)c1ccco1. The molecule has 0 aliphatic carbocycles. The minimum absolute atomic E-state index is 0.138. The van der Waals surface area contributed by atoms with Crippen LogP contribution in [-0.2, 0) is 4.79 Å². The maximum Gasteiger partial charge on any atom is 0.303 e. The molecule has 1 atom stereocenters. The second kappa shape index (κ2) is 5.44. The highest BCUT2D eigenvalue weighted by molar-refractivity contribution is 5.66. The minimum atomic E-state index is -0.752. The third-order valence-corrected chi connectivity index (χ3v) is 1.99. The summed E-state index contributed by atoms with van der Waals surface area (Å²) >= 11 is 0. The first-order valence-corrected chi connectivity index (χ1v) is 4.68. The summed E-state index contributed by atoms with van der Waals surface area (Å²) in [5.74, 6) is 0.123. The summed E-state index contributed by atoms with van der Waals surface area (Å²) in [6.45, 7) is 2.67. The molecule has 1 heterocycles. The summed E-state index contributed by atoms with van der Waals surface area (Å²) in [6.07, 6.45) is 2.48. The summed E-state index contributed by atoms with van der Waals surface area (Å²) in [5, 5.41) is 11.6. The van der Waals surface area contributed by atoms with E-state index in [1.54, 1.807) is 6.26 Å². The highest BCUT2D eigenvalue weighted by atomic mass is 16.4. The van der Waals surface area contributed by atoms with E-state index in [1.165, 1.54) is 0 Å². The smallest absolute Gasteiger partial charge is 0.303 e. The number of furan rings is 1. The van der Waals surface area contributed by atoms with Crippen molar-refractivity contribution in [2.45, 2.75) is 25.8 Å². The van der Waals surface area contributed by atoms with Gasteiger partial charge in [0.05, 0.1) is 12.3 Å². The fraction of sp³-hybridized carbons (Fsp3) is 0.500. The minimum Gasteiger partial charge on any atom is -0.481 e. The van der Waals surface area contributed by atoms with Crippen molar-refractivity contribution >= 4 is 5.97 Å². The Morgan fingerprint density at radius 1 is 1.71 bits per heavy atom. The first-order valence-electron chi connectivity index (χ1n) is 4.68. The van der Waals surface area contributed by atoms with Gasteiger partial charge < -0.3 is 14.8 Å². The van der Waals surface area contributed by atoms with Crippen LogP contribution < -0.4 is 5.32 Å². The van der Waals surface area contributed by atoms with Crippen molar-refractivity contribution in [3.05, 3.63) is 24.2 Å². The van der Waals surface area contributed by atoms with E-state index in [2.05, 4.69) is 5.32 Å². The van der Waals surface area contributed by atoms with Crippen LogP contribution in [0.3, 0.4) is 0 Å². The molecule has 0 bridgehead atoms. The number of carbonyl (C=O) groups is 1. The lowest BCUT2D eigenvalue weighted by Gasteiger charge is -2.09. The topological polar surface area (TPSA) is 62.5 Å². The van der Waals surface area contributed by atoms with Gasteiger partial charge in [0.15, 0.2) is 0 Å². The number of carboxylic acids is 1. The van der Waals surface area contributed by atoms with Crippen molar-refractivity contribution in [1.82, 2.24) is 5.32 Å². The Bertz CT molecular complexity index is 269. The highest BCUT2D eigenvalue weighted by Crippen LogP contribution is 2.11. The molecular weight excluding hydrogens is 182 g/mol. The van der Waals surface area contributed by atoms with E-state index in [0.29, 0.717) is 13.0 Å². The van der Waals surface area contributed by atoms with Crippen LogP contribution in [0.1, 0.15) is 31.6 Å². The molecule has 1 rings (SSSR count). The Balaban J connectivity index is 2.16. The van der Waals surface area contributed by atoms with Gasteiger partial charge in [-0.15, -0.1) is 0 Å². The zero-order valence-electron chi connectivity index (χ0n) is 8.19. The summed E-state index contributed by atoms with van der Waals surface area (Å²) in [7, 11) is 0. The Morgan fingerprint density at radius 3 is 3.07 bits per heavy atom. The van der Waals surface area contributed by atoms with E-state index in [9.17, 15) is 4.79 Å².